The van der Waals surface area contributed by atoms with E-state index in [0.717, 1.165) is 63.6 Å². The second kappa shape index (κ2) is 7.74. The van der Waals surface area contributed by atoms with Crippen molar-refractivity contribution in [1.29, 1.82) is 0 Å². The van der Waals surface area contributed by atoms with Crippen LogP contribution in [-0.2, 0) is 17.6 Å². The molecule has 1 atom stereocenters. The quantitative estimate of drug-likeness (QED) is 0.672. The zero-order chi connectivity index (χ0) is 16.9. The second-order valence-electron chi connectivity index (χ2n) is 6.59. The van der Waals surface area contributed by atoms with Crippen LogP contribution in [0.5, 0.6) is 0 Å². The lowest BCUT2D eigenvalue weighted by atomic mass is 10.2. The molecule has 25 heavy (non-hydrogen) atoms. The summed E-state index contributed by atoms with van der Waals surface area (Å²) in [5.74, 6) is 1.94. The molecule has 0 saturated carbocycles. The van der Waals surface area contributed by atoms with Gasteiger partial charge in [-0.05, 0) is 43.0 Å². The number of ether oxygens (including phenoxy) is 1. The van der Waals surface area contributed by atoms with Gasteiger partial charge in [0.15, 0.2) is 5.96 Å². The molecule has 0 bridgehead atoms. The van der Waals surface area contributed by atoms with E-state index in [2.05, 4.69) is 34.5 Å². The van der Waals surface area contributed by atoms with E-state index in [-0.39, 0.29) is 6.10 Å². The van der Waals surface area contributed by atoms with Gasteiger partial charge in [-0.2, -0.15) is 0 Å². The molecule has 132 valence electrons. The third-order valence-corrected chi connectivity index (χ3v) is 4.85. The van der Waals surface area contributed by atoms with Crippen molar-refractivity contribution in [3.8, 4) is 0 Å². The molecule has 1 aromatic carbocycles. The lowest BCUT2D eigenvalue weighted by Gasteiger charge is -2.23. The van der Waals surface area contributed by atoms with Crippen molar-refractivity contribution in [3.63, 3.8) is 0 Å². The van der Waals surface area contributed by atoms with Crippen LogP contribution in [0, 0.1) is 0 Å². The van der Waals surface area contributed by atoms with E-state index in [1.54, 1.807) is 6.26 Å². The summed E-state index contributed by atoms with van der Waals surface area (Å²) in [6.45, 7) is 3.36. The smallest absolute Gasteiger partial charge is 0.198 e. The minimum atomic E-state index is 0.264. The van der Waals surface area contributed by atoms with Crippen LogP contribution in [0.25, 0.3) is 0 Å². The van der Waals surface area contributed by atoms with Crippen LogP contribution in [-0.4, -0.2) is 38.3 Å². The number of aliphatic imine (C=N–C) groups is 1. The minimum Gasteiger partial charge on any atom is -0.469 e. The molecular weight excluding hydrogens is 314 g/mol. The molecule has 5 heteroatoms. The minimum absolute atomic E-state index is 0.264. The summed E-state index contributed by atoms with van der Waals surface area (Å²) < 4.78 is 11.2. The first kappa shape index (κ1) is 16.2. The van der Waals surface area contributed by atoms with Crippen LogP contribution in [0.2, 0.25) is 0 Å². The highest BCUT2D eigenvalue weighted by Crippen LogP contribution is 2.27. The Hall–Kier alpha value is -2.27. The summed E-state index contributed by atoms with van der Waals surface area (Å²) in [6, 6.07) is 12.5. The first-order valence-corrected chi connectivity index (χ1v) is 9.18. The number of fused-ring (bicyclic) bond motifs is 1. The molecule has 1 aromatic heterocycles. The van der Waals surface area contributed by atoms with Gasteiger partial charge in [0.05, 0.1) is 18.9 Å². The summed E-state index contributed by atoms with van der Waals surface area (Å²) in [6.07, 6.45) is 6.16. The average molecular weight is 339 g/mol. The summed E-state index contributed by atoms with van der Waals surface area (Å²) in [5.41, 5.74) is 2.65. The number of rotatable bonds is 5. The third-order valence-electron chi connectivity index (χ3n) is 4.85. The van der Waals surface area contributed by atoms with E-state index >= 15 is 0 Å². The van der Waals surface area contributed by atoms with Crippen molar-refractivity contribution >= 4 is 11.6 Å². The Kier molecular flexibility index (Phi) is 5.02. The van der Waals surface area contributed by atoms with E-state index in [9.17, 15) is 0 Å². The fourth-order valence-electron chi connectivity index (χ4n) is 3.52. The van der Waals surface area contributed by atoms with Crippen molar-refractivity contribution in [1.82, 2.24) is 5.32 Å². The number of furan rings is 1. The van der Waals surface area contributed by atoms with Crippen molar-refractivity contribution < 1.29 is 9.15 Å². The summed E-state index contributed by atoms with van der Waals surface area (Å²) >= 11 is 0. The van der Waals surface area contributed by atoms with Gasteiger partial charge in [0, 0.05) is 31.8 Å². The lowest BCUT2D eigenvalue weighted by Crippen LogP contribution is -2.42. The molecule has 4 rings (SSSR count). The van der Waals surface area contributed by atoms with Gasteiger partial charge in [-0.3, -0.25) is 4.99 Å². The van der Waals surface area contributed by atoms with Crippen LogP contribution in [0.1, 0.15) is 24.2 Å². The number of para-hydroxylation sites is 1. The van der Waals surface area contributed by atoms with E-state index in [1.165, 1.54) is 11.3 Å². The van der Waals surface area contributed by atoms with Gasteiger partial charge in [-0.15, -0.1) is 0 Å². The fourth-order valence-corrected chi connectivity index (χ4v) is 3.52. The highest BCUT2D eigenvalue weighted by molar-refractivity contribution is 5.98. The molecule has 0 radical (unpaired) electrons. The molecule has 0 amide bonds. The Labute approximate surface area is 148 Å². The third kappa shape index (κ3) is 3.87. The molecule has 1 fully saturated rings. The van der Waals surface area contributed by atoms with Crippen molar-refractivity contribution in [2.45, 2.75) is 31.8 Å². The van der Waals surface area contributed by atoms with Crippen molar-refractivity contribution in [2.75, 3.05) is 31.1 Å². The first-order chi connectivity index (χ1) is 12.4. The molecule has 1 unspecified atom stereocenters. The largest absolute Gasteiger partial charge is 0.469 e. The average Bonchev–Trinajstić information content (AvgIpc) is 3.39. The zero-order valence-corrected chi connectivity index (χ0v) is 14.5. The molecule has 2 aliphatic rings. The molecule has 3 heterocycles. The normalized spacial score (nSPS) is 20.1. The summed E-state index contributed by atoms with van der Waals surface area (Å²) in [7, 11) is 0. The van der Waals surface area contributed by atoms with Crippen LogP contribution < -0.4 is 10.2 Å². The van der Waals surface area contributed by atoms with Crippen molar-refractivity contribution in [2.24, 2.45) is 4.99 Å². The predicted molar refractivity (Wildman–Crippen MR) is 99.2 cm³/mol. The van der Waals surface area contributed by atoms with E-state index in [4.69, 9.17) is 14.1 Å². The first-order valence-electron chi connectivity index (χ1n) is 9.18. The molecule has 1 N–H and O–H groups in total. The maximum absolute atomic E-state index is 5.73. The van der Waals surface area contributed by atoms with Gasteiger partial charge in [0.1, 0.15) is 5.76 Å². The Morgan fingerprint density at radius 3 is 3.04 bits per heavy atom. The van der Waals surface area contributed by atoms with Gasteiger partial charge < -0.3 is 19.4 Å². The number of hydrogen-bond acceptors (Lipinski definition) is 3. The SMILES string of the molecule is c1coc(CCNC(=NCC2CCCO2)N2CCc3ccccc32)c1. The van der Waals surface area contributed by atoms with Crippen molar-refractivity contribution in [3.05, 3.63) is 54.0 Å². The Bertz CT molecular complexity index is 705. The van der Waals surface area contributed by atoms with Crippen LogP contribution in [0.15, 0.2) is 52.1 Å². The highest BCUT2D eigenvalue weighted by Gasteiger charge is 2.23. The van der Waals surface area contributed by atoms with E-state index in [1.807, 2.05) is 12.1 Å². The number of nitrogens with zero attached hydrogens (tertiary/aromatic N) is 2. The summed E-state index contributed by atoms with van der Waals surface area (Å²) in [4.78, 5) is 7.18. The molecule has 2 aliphatic heterocycles. The number of benzene rings is 1. The fraction of sp³-hybridized carbons (Fsp3) is 0.450. The molecule has 1 saturated heterocycles. The van der Waals surface area contributed by atoms with E-state index in [0.29, 0.717) is 0 Å². The van der Waals surface area contributed by atoms with Crippen LogP contribution in [0.3, 0.4) is 0 Å². The summed E-state index contributed by atoms with van der Waals surface area (Å²) in [5, 5.41) is 3.53. The molecule has 5 nitrogen and oxygen atoms in total. The second-order valence-corrected chi connectivity index (χ2v) is 6.59. The monoisotopic (exact) mass is 339 g/mol. The van der Waals surface area contributed by atoms with Gasteiger partial charge in [0.2, 0.25) is 0 Å². The lowest BCUT2D eigenvalue weighted by molar-refractivity contribution is 0.117. The van der Waals surface area contributed by atoms with E-state index < -0.39 is 0 Å². The maximum Gasteiger partial charge on any atom is 0.198 e. The number of guanidine groups is 1. The molecular formula is C20H25N3O2. The number of hydrogen-bond donors (Lipinski definition) is 1. The molecule has 0 spiro atoms. The predicted octanol–water partition coefficient (Wildman–Crippen LogP) is 3.01. The van der Waals surface area contributed by atoms with Gasteiger partial charge in [-0.25, -0.2) is 0 Å². The Balaban J connectivity index is 1.46. The Morgan fingerprint density at radius 2 is 2.20 bits per heavy atom. The van der Waals surface area contributed by atoms with Gasteiger partial charge in [-0.1, -0.05) is 18.2 Å². The highest BCUT2D eigenvalue weighted by atomic mass is 16.5. The van der Waals surface area contributed by atoms with Gasteiger partial charge >= 0.3 is 0 Å². The standard InChI is InChI=1S/C20H25N3O2/c1-2-8-19-16(5-1)10-12-23(19)20(22-15-18-7-4-14-25-18)21-11-9-17-6-3-13-24-17/h1-3,5-6,8,13,18H,4,7,9-12,14-15H2,(H,21,22). The van der Waals surface area contributed by atoms with Crippen LogP contribution in [0.4, 0.5) is 5.69 Å². The molecule has 0 aliphatic carbocycles. The van der Waals surface area contributed by atoms with Gasteiger partial charge in [0.25, 0.3) is 0 Å². The number of nitrogens with one attached hydrogen (secondary N) is 1. The topological polar surface area (TPSA) is 50.0 Å². The maximum atomic E-state index is 5.73. The molecule has 2 aromatic rings. The van der Waals surface area contributed by atoms with Crippen LogP contribution >= 0.6 is 0 Å². The Morgan fingerprint density at radius 1 is 1.24 bits per heavy atom. The zero-order valence-electron chi connectivity index (χ0n) is 14.5. The number of anilines is 1.